The molecule has 0 saturated carbocycles. The minimum absolute atomic E-state index is 0.565. The SMILES string of the molecule is CCS(=O)c1cccc(OC)c1OC. The summed E-state index contributed by atoms with van der Waals surface area (Å²) in [4.78, 5) is 0.689. The molecule has 0 aliphatic carbocycles. The Morgan fingerprint density at radius 3 is 2.50 bits per heavy atom. The minimum atomic E-state index is -1.02. The quantitative estimate of drug-likeness (QED) is 0.767. The van der Waals surface area contributed by atoms with Crippen molar-refractivity contribution in [2.45, 2.75) is 11.8 Å². The second-order valence-corrected chi connectivity index (χ2v) is 4.33. The highest BCUT2D eigenvalue weighted by Crippen LogP contribution is 2.32. The molecule has 0 N–H and O–H groups in total. The van der Waals surface area contributed by atoms with Crippen LogP contribution in [0.15, 0.2) is 23.1 Å². The van der Waals surface area contributed by atoms with Crippen molar-refractivity contribution >= 4 is 10.8 Å². The van der Waals surface area contributed by atoms with Gasteiger partial charge in [-0.05, 0) is 12.1 Å². The molecule has 1 rings (SSSR count). The van der Waals surface area contributed by atoms with E-state index in [4.69, 9.17) is 9.47 Å². The fourth-order valence-corrected chi connectivity index (χ4v) is 2.12. The van der Waals surface area contributed by atoms with E-state index in [1.54, 1.807) is 26.4 Å². The van der Waals surface area contributed by atoms with E-state index in [9.17, 15) is 4.21 Å². The number of hydrogen-bond donors (Lipinski definition) is 0. The number of para-hydroxylation sites is 1. The van der Waals surface area contributed by atoms with E-state index in [0.29, 0.717) is 22.1 Å². The van der Waals surface area contributed by atoms with Crippen molar-refractivity contribution in [2.24, 2.45) is 0 Å². The Hall–Kier alpha value is -1.03. The van der Waals surface area contributed by atoms with Gasteiger partial charge in [0.15, 0.2) is 11.5 Å². The molecule has 0 spiro atoms. The topological polar surface area (TPSA) is 35.5 Å². The predicted octanol–water partition coefficient (Wildman–Crippen LogP) is 1.83. The molecule has 0 aromatic heterocycles. The van der Waals surface area contributed by atoms with Gasteiger partial charge in [0.1, 0.15) is 0 Å². The summed E-state index contributed by atoms with van der Waals surface area (Å²) in [6.07, 6.45) is 0. The van der Waals surface area contributed by atoms with Crippen molar-refractivity contribution in [3.63, 3.8) is 0 Å². The molecule has 0 aliphatic rings. The lowest BCUT2D eigenvalue weighted by molar-refractivity contribution is 0.347. The van der Waals surface area contributed by atoms with Gasteiger partial charge in [0.05, 0.1) is 29.9 Å². The molecule has 0 saturated heterocycles. The molecule has 0 bridgehead atoms. The summed E-state index contributed by atoms with van der Waals surface area (Å²) in [5.74, 6) is 1.76. The van der Waals surface area contributed by atoms with Crippen LogP contribution in [0.4, 0.5) is 0 Å². The molecule has 0 fully saturated rings. The highest BCUT2D eigenvalue weighted by Gasteiger charge is 2.13. The first-order valence-electron chi connectivity index (χ1n) is 4.34. The van der Waals surface area contributed by atoms with Crippen molar-refractivity contribution in [1.29, 1.82) is 0 Å². The number of rotatable bonds is 4. The lowest BCUT2D eigenvalue weighted by Gasteiger charge is -2.11. The normalized spacial score (nSPS) is 12.2. The Morgan fingerprint density at radius 2 is 2.00 bits per heavy atom. The van der Waals surface area contributed by atoms with E-state index in [0.717, 1.165) is 0 Å². The number of methoxy groups -OCH3 is 2. The van der Waals surface area contributed by atoms with Crippen molar-refractivity contribution < 1.29 is 13.7 Å². The van der Waals surface area contributed by atoms with E-state index in [2.05, 4.69) is 0 Å². The van der Waals surface area contributed by atoms with Crippen LogP contribution in [0.25, 0.3) is 0 Å². The smallest absolute Gasteiger partial charge is 0.176 e. The zero-order chi connectivity index (χ0) is 10.6. The molecule has 0 radical (unpaired) electrons. The van der Waals surface area contributed by atoms with Gasteiger partial charge < -0.3 is 9.47 Å². The maximum absolute atomic E-state index is 11.6. The van der Waals surface area contributed by atoms with Crippen LogP contribution in [0.3, 0.4) is 0 Å². The van der Waals surface area contributed by atoms with Crippen molar-refractivity contribution in [3.8, 4) is 11.5 Å². The van der Waals surface area contributed by atoms with Gasteiger partial charge in [-0.1, -0.05) is 13.0 Å². The molecule has 1 aromatic rings. The van der Waals surface area contributed by atoms with Crippen LogP contribution in [0.5, 0.6) is 11.5 Å². The van der Waals surface area contributed by atoms with Crippen LogP contribution in [0.1, 0.15) is 6.92 Å². The summed E-state index contributed by atoms with van der Waals surface area (Å²) in [6.45, 7) is 1.87. The predicted molar refractivity (Wildman–Crippen MR) is 56.5 cm³/mol. The first-order chi connectivity index (χ1) is 6.74. The average molecular weight is 214 g/mol. The molecule has 3 nitrogen and oxygen atoms in total. The largest absolute Gasteiger partial charge is 0.493 e. The Balaban J connectivity index is 3.21. The lowest BCUT2D eigenvalue weighted by Crippen LogP contribution is -1.99. The molecule has 14 heavy (non-hydrogen) atoms. The van der Waals surface area contributed by atoms with Crippen molar-refractivity contribution in [1.82, 2.24) is 0 Å². The number of benzene rings is 1. The van der Waals surface area contributed by atoms with Gasteiger partial charge in [-0.25, -0.2) is 0 Å². The molecule has 1 aromatic carbocycles. The lowest BCUT2D eigenvalue weighted by atomic mass is 10.3. The standard InChI is InChI=1S/C10H14O3S/c1-4-14(11)9-7-5-6-8(12-2)10(9)13-3/h5-7H,4H2,1-3H3. The third-order valence-electron chi connectivity index (χ3n) is 1.87. The number of ether oxygens (including phenoxy) is 2. The van der Waals surface area contributed by atoms with Crippen molar-refractivity contribution in [2.75, 3.05) is 20.0 Å². The van der Waals surface area contributed by atoms with Gasteiger partial charge in [0, 0.05) is 5.75 Å². The van der Waals surface area contributed by atoms with Gasteiger partial charge in [-0.15, -0.1) is 0 Å². The molecule has 78 valence electrons. The second kappa shape index (κ2) is 5.00. The molecule has 1 atom stereocenters. The second-order valence-electron chi connectivity index (χ2n) is 2.63. The first kappa shape index (κ1) is 11.0. The van der Waals surface area contributed by atoms with Crippen LogP contribution < -0.4 is 9.47 Å². The first-order valence-corrected chi connectivity index (χ1v) is 5.65. The van der Waals surface area contributed by atoms with E-state index in [1.807, 2.05) is 13.0 Å². The molecule has 0 aliphatic heterocycles. The van der Waals surface area contributed by atoms with E-state index in [1.165, 1.54) is 0 Å². The maximum atomic E-state index is 11.6. The summed E-state index contributed by atoms with van der Waals surface area (Å²) in [7, 11) is 2.10. The molecule has 0 heterocycles. The number of hydrogen-bond acceptors (Lipinski definition) is 3. The highest BCUT2D eigenvalue weighted by atomic mass is 32.2. The Kier molecular flexibility index (Phi) is 3.95. The van der Waals surface area contributed by atoms with Gasteiger partial charge in [-0.2, -0.15) is 0 Å². The fourth-order valence-electron chi connectivity index (χ4n) is 1.19. The van der Waals surface area contributed by atoms with Gasteiger partial charge in [-0.3, -0.25) is 4.21 Å². The Labute approximate surface area is 86.5 Å². The zero-order valence-corrected chi connectivity index (χ0v) is 9.39. The molecular weight excluding hydrogens is 200 g/mol. The molecular formula is C10H14O3S. The molecule has 1 unspecified atom stereocenters. The monoisotopic (exact) mass is 214 g/mol. The fraction of sp³-hybridized carbons (Fsp3) is 0.400. The van der Waals surface area contributed by atoms with Crippen LogP contribution in [-0.4, -0.2) is 24.2 Å². The van der Waals surface area contributed by atoms with Crippen LogP contribution in [-0.2, 0) is 10.8 Å². The van der Waals surface area contributed by atoms with E-state index < -0.39 is 10.8 Å². The van der Waals surface area contributed by atoms with Gasteiger partial charge >= 0.3 is 0 Å². The van der Waals surface area contributed by atoms with Crippen LogP contribution >= 0.6 is 0 Å². The van der Waals surface area contributed by atoms with Crippen molar-refractivity contribution in [3.05, 3.63) is 18.2 Å². The molecule has 4 heteroatoms. The zero-order valence-electron chi connectivity index (χ0n) is 8.57. The third-order valence-corrected chi connectivity index (χ3v) is 3.21. The average Bonchev–Trinajstić information content (AvgIpc) is 2.26. The summed E-state index contributed by atoms with van der Waals surface area (Å²) in [5, 5.41) is 0. The summed E-state index contributed by atoms with van der Waals surface area (Å²) in [5.41, 5.74) is 0. The Morgan fingerprint density at radius 1 is 1.29 bits per heavy atom. The minimum Gasteiger partial charge on any atom is -0.493 e. The van der Waals surface area contributed by atoms with E-state index in [-0.39, 0.29) is 0 Å². The summed E-state index contributed by atoms with van der Waals surface area (Å²) < 4.78 is 21.9. The van der Waals surface area contributed by atoms with Crippen LogP contribution in [0.2, 0.25) is 0 Å². The highest BCUT2D eigenvalue weighted by molar-refractivity contribution is 7.85. The summed E-state index contributed by atoms with van der Waals surface area (Å²) >= 11 is 0. The van der Waals surface area contributed by atoms with E-state index >= 15 is 0 Å². The summed E-state index contributed by atoms with van der Waals surface area (Å²) in [6, 6.07) is 5.39. The Bertz CT molecular complexity index is 336. The van der Waals surface area contributed by atoms with Gasteiger partial charge in [0.2, 0.25) is 0 Å². The maximum Gasteiger partial charge on any atom is 0.176 e. The van der Waals surface area contributed by atoms with Gasteiger partial charge in [0.25, 0.3) is 0 Å². The van der Waals surface area contributed by atoms with Crippen LogP contribution in [0, 0.1) is 0 Å². The molecule has 0 amide bonds. The third kappa shape index (κ3) is 2.07.